The molecular formula is C13H19F3N4. The first kappa shape index (κ1) is 14.9. The topological polar surface area (TPSA) is 31.4 Å². The summed E-state index contributed by atoms with van der Waals surface area (Å²) >= 11 is 0. The normalized spacial score (nSPS) is 17.4. The predicted molar refractivity (Wildman–Crippen MR) is 73.1 cm³/mol. The number of hydrogen-bond donors (Lipinski definition) is 1. The number of halogens is 3. The van der Waals surface area contributed by atoms with Crippen molar-refractivity contribution < 1.29 is 13.2 Å². The summed E-state index contributed by atoms with van der Waals surface area (Å²) in [6.45, 7) is 6.14. The number of piperazine rings is 1. The summed E-state index contributed by atoms with van der Waals surface area (Å²) in [4.78, 5) is 8.41. The monoisotopic (exact) mass is 288 g/mol. The summed E-state index contributed by atoms with van der Waals surface area (Å²) in [5, 5.41) is 2.69. The van der Waals surface area contributed by atoms with Crippen LogP contribution < -0.4 is 10.2 Å². The van der Waals surface area contributed by atoms with Gasteiger partial charge in [0.25, 0.3) is 0 Å². The van der Waals surface area contributed by atoms with E-state index in [0.29, 0.717) is 18.9 Å². The van der Waals surface area contributed by atoms with Crippen molar-refractivity contribution in [2.24, 2.45) is 0 Å². The molecule has 1 aliphatic heterocycles. The number of hydrogen-bond acceptors (Lipinski definition) is 4. The molecule has 0 amide bonds. The highest BCUT2D eigenvalue weighted by atomic mass is 19.4. The summed E-state index contributed by atoms with van der Waals surface area (Å²) in [5.41, 5.74) is -0.662. The van der Waals surface area contributed by atoms with Crippen LogP contribution in [0, 0.1) is 0 Å². The standard InChI is InChI=1S/C13H19F3N4/c1-3-19-4-6-20(7-5-19)12-9-10(13(14,15)16)8-11(17-2)18-12/h8-9H,3-7H2,1-2H3,(H,17,18). The molecule has 0 bridgehead atoms. The van der Waals surface area contributed by atoms with Gasteiger partial charge in [0, 0.05) is 33.2 Å². The van der Waals surface area contributed by atoms with Crippen LogP contribution in [0.4, 0.5) is 24.8 Å². The molecule has 20 heavy (non-hydrogen) atoms. The van der Waals surface area contributed by atoms with Crippen LogP contribution in [-0.2, 0) is 6.18 Å². The molecule has 1 saturated heterocycles. The van der Waals surface area contributed by atoms with Gasteiger partial charge < -0.3 is 15.1 Å². The maximum atomic E-state index is 12.9. The van der Waals surface area contributed by atoms with E-state index in [2.05, 4.69) is 22.1 Å². The van der Waals surface area contributed by atoms with E-state index in [0.717, 1.165) is 31.8 Å². The van der Waals surface area contributed by atoms with Gasteiger partial charge >= 0.3 is 6.18 Å². The molecule has 1 fully saturated rings. The lowest BCUT2D eigenvalue weighted by Crippen LogP contribution is -2.46. The second-order valence-corrected chi connectivity index (χ2v) is 4.77. The first-order chi connectivity index (χ1) is 9.44. The number of alkyl halides is 3. The third kappa shape index (κ3) is 3.33. The Bertz CT molecular complexity index is 453. The van der Waals surface area contributed by atoms with Crippen molar-refractivity contribution in [1.29, 1.82) is 0 Å². The van der Waals surface area contributed by atoms with Crippen molar-refractivity contribution in [2.75, 3.05) is 50.0 Å². The molecule has 0 aliphatic carbocycles. The molecule has 0 saturated carbocycles. The molecule has 0 radical (unpaired) electrons. The Hall–Kier alpha value is -1.50. The lowest BCUT2D eigenvalue weighted by molar-refractivity contribution is -0.137. The van der Waals surface area contributed by atoms with Crippen LogP contribution in [0.1, 0.15) is 12.5 Å². The molecule has 0 spiro atoms. The minimum atomic E-state index is -4.35. The molecule has 1 aromatic rings. The van der Waals surface area contributed by atoms with Gasteiger partial charge in [0.15, 0.2) is 0 Å². The third-order valence-corrected chi connectivity index (χ3v) is 3.54. The first-order valence-corrected chi connectivity index (χ1v) is 6.68. The molecule has 0 aromatic carbocycles. The van der Waals surface area contributed by atoms with Crippen LogP contribution in [-0.4, -0.2) is 49.7 Å². The molecular weight excluding hydrogens is 269 g/mol. The maximum Gasteiger partial charge on any atom is 0.416 e. The molecule has 4 nitrogen and oxygen atoms in total. The van der Waals surface area contributed by atoms with Gasteiger partial charge in [-0.1, -0.05) is 6.92 Å². The number of aromatic nitrogens is 1. The quantitative estimate of drug-likeness (QED) is 0.924. The molecule has 0 unspecified atom stereocenters. The van der Waals surface area contributed by atoms with E-state index in [4.69, 9.17) is 0 Å². The zero-order valence-electron chi connectivity index (χ0n) is 11.7. The van der Waals surface area contributed by atoms with E-state index < -0.39 is 11.7 Å². The van der Waals surface area contributed by atoms with E-state index in [9.17, 15) is 13.2 Å². The van der Waals surface area contributed by atoms with Gasteiger partial charge in [0.1, 0.15) is 11.6 Å². The maximum absolute atomic E-state index is 12.9. The van der Waals surface area contributed by atoms with Crippen LogP contribution in [0.3, 0.4) is 0 Å². The molecule has 1 aromatic heterocycles. The average molecular weight is 288 g/mol. The molecule has 0 atom stereocenters. The fraction of sp³-hybridized carbons (Fsp3) is 0.615. The van der Waals surface area contributed by atoms with Gasteiger partial charge in [-0.15, -0.1) is 0 Å². The number of likely N-dealkylation sites (N-methyl/N-ethyl adjacent to an activating group) is 1. The Labute approximate surface area is 116 Å². The number of rotatable bonds is 3. The zero-order valence-corrected chi connectivity index (χ0v) is 11.7. The van der Waals surface area contributed by atoms with Gasteiger partial charge in [-0.05, 0) is 18.7 Å². The average Bonchev–Trinajstić information content (AvgIpc) is 2.46. The minimum absolute atomic E-state index is 0.243. The Balaban J connectivity index is 2.23. The molecule has 2 rings (SSSR count). The molecule has 7 heteroatoms. The van der Waals surface area contributed by atoms with Gasteiger partial charge in [0.2, 0.25) is 0 Å². The number of pyridine rings is 1. The second kappa shape index (κ2) is 5.87. The fourth-order valence-electron chi connectivity index (χ4n) is 2.26. The molecule has 1 aliphatic rings. The van der Waals surface area contributed by atoms with Gasteiger partial charge in [-0.3, -0.25) is 0 Å². The largest absolute Gasteiger partial charge is 0.416 e. The highest BCUT2D eigenvalue weighted by Crippen LogP contribution is 2.33. The van der Waals surface area contributed by atoms with Crippen molar-refractivity contribution in [3.05, 3.63) is 17.7 Å². The molecule has 112 valence electrons. The minimum Gasteiger partial charge on any atom is -0.373 e. The van der Waals surface area contributed by atoms with E-state index >= 15 is 0 Å². The zero-order chi connectivity index (χ0) is 14.8. The lowest BCUT2D eigenvalue weighted by atomic mass is 10.2. The van der Waals surface area contributed by atoms with Crippen LogP contribution in [0.15, 0.2) is 12.1 Å². The van der Waals surface area contributed by atoms with Crippen LogP contribution in [0.25, 0.3) is 0 Å². The van der Waals surface area contributed by atoms with Crippen molar-refractivity contribution in [3.63, 3.8) is 0 Å². The first-order valence-electron chi connectivity index (χ1n) is 6.68. The Morgan fingerprint density at radius 2 is 1.85 bits per heavy atom. The van der Waals surface area contributed by atoms with Crippen LogP contribution >= 0.6 is 0 Å². The number of nitrogens with one attached hydrogen (secondary N) is 1. The lowest BCUT2D eigenvalue weighted by Gasteiger charge is -2.35. The van der Waals surface area contributed by atoms with Crippen LogP contribution in [0.5, 0.6) is 0 Å². The predicted octanol–water partition coefficient (Wildman–Crippen LogP) is 2.28. The number of anilines is 2. The van der Waals surface area contributed by atoms with E-state index in [1.807, 2.05) is 4.90 Å². The van der Waals surface area contributed by atoms with Gasteiger partial charge in [0.05, 0.1) is 5.56 Å². The number of nitrogens with zero attached hydrogens (tertiary/aromatic N) is 3. The molecule has 1 N–H and O–H groups in total. The summed E-state index contributed by atoms with van der Waals surface area (Å²) in [6.07, 6.45) is -4.35. The Morgan fingerprint density at radius 1 is 1.20 bits per heavy atom. The Kier molecular flexibility index (Phi) is 4.37. The summed E-state index contributed by atoms with van der Waals surface area (Å²) < 4.78 is 38.7. The highest BCUT2D eigenvalue weighted by molar-refractivity contribution is 5.51. The second-order valence-electron chi connectivity index (χ2n) is 4.77. The van der Waals surface area contributed by atoms with Crippen molar-refractivity contribution >= 4 is 11.6 Å². The van der Waals surface area contributed by atoms with E-state index in [-0.39, 0.29) is 5.82 Å². The highest BCUT2D eigenvalue weighted by Gasteiger charge is 2.32. The van der Waals surface area contributed by atoms with E-state index in [1.54, 1.807) is 7.05 Å². The van der Waals surface area contributed by atoms with Crippen LogP contribution in [0.2, 0.25) is 0 Å². The van der Waals surface area contributed by atoms with Crippen molar-refractivity contribution in [2.45, 2.75) is 13.1 Å². The smallest absolute Gasteiger partial charge is 0.373 e. The van der Waals surface area contributed by atoms with Crippen molar-refractivity contribution in [3.8, 4) is 0 Å². The third-order valence-electron chi connectivity index (χ3n) is 3.54. The van der Waals surface area contributed by atoms with Crippen molar-refractivity contribution in [1.82, 2.24) is 9.88 Å². The molecule has 2 heterocycles. The van der Waals surface area contributed by atoms with E-state index in [1.165, 1.54) is 0 Å². The fourth-order valence-corrected chi connectivity index (χ4v) is 2.26. The summed E-state index contributed by atoms with van der Waals surface area (Å²) in [6, 6.07) is 2.16. The SMILES string of the molecule is CCN1CCN(c2cc(C(F)(F)F)cc(NC)n2)CC1. The van der Waals surface area contributed by atoms with Gasteiger partial charge in [-0.2, -0.15) is 13.2 Å². The Morgan fingerprint density at radius 3 is 2.35 bits per heavy atom. The summed E-state index contributed by atoms with van der Waals surface area (Å²) in [7, 11) is 1.57. The summed E-state index contributed by atoms with van der Waals surface area (Å²) in [5.74, 6) is 0.632. The van der Waals surface area contributed by atoms with Gasteiger partial charge in [-0.25, -0.2) is 4.98 Å².